The zero-order valence-corrected chi connectivity index (χ0v) is 61.2. The molecule has 0 aromatic rings. The van der Waals surface area contributed by atoms with Crippen LogP contribution in [0.15, 0.2) is 0 Å². The molecule has 4 saturated carbocycles. The highest BCUT2D eigenvalue weighted by Crippen LogP contribution is 2.45. The minimum Gasteiger partial charge on any atom is -0.343 e. The molecule has 13 atom stereocenters. The number of fused-ring (bicyclic) bond motifs is 2. The summed E-state index contributed by atoms with van der Waals surface area (Å²) in [5.41, 5.74) is -1.75. The first-order valence-electron chi connectivity index (χ1n) is 36.5. The van der Waals surface area contributed by atoms with Crippen molar-refractivity contribution in [3.8, 4) is 0 Å². The van der Waals surface area contributed by atoms with Crippen LogP contribution in [0, 0.1) is 41.4 Å². The Morgan fingerprint density at radius 3 is 1.80 bits per heavy atom. The van der Waals surface area contributed by atoms with Gasteiger partial charge in [-0.1, -0.05) is 53.4 Å². The standard InChI is InChI=1S/C70H108ClF8N11O11/c1-12-40(5)56-60(95)80-42(7)61(96)89-31-28-50(89)64(99)88(13-2)52(35-44-20-24-46(25-21-44)69(74,75)76)63(98)84(8)37-54(91)81-49(27-23-43-22-26-47(48(71)34-43)70(77,78)79)62(97)90-38-68(72,73)36-53(90)59(94)83-67(29-17-30-67)66(101)87(11)57(45-18-15-14-16-19-45)65(100)85(9)41(6)33-55(92)86(10)51(32-39(3)4)58(93)82-56/h39-53,56-57H,12-38H2,1-11H3,(H,80,95)(H,81,91)(H,82,93)(H,83,94)/t40-,41+,42-,43?,44?,46?,47?,48?,49-,50-,51-,52-,53-,56-,57-/m0/s1. The number of carbonyl (C=O) groups is 11. The predicted octanol–water partition coefficient (Wildman–Crippen LogP) is 7.71. The highest BCUT2D eigenvalue weighted by Gasteiger charge is 2.57. The van der Waals surface area contributed by atoms with Gasteiger partial charge in [-0.05, 0) is 160 Å². The highest BCUT2D eigenvalue weighted by atomic mass is 35.5. The lowest BCUT2D eigenvalue weighted by atomic mass is 9.74. The third-order valence-electron chi connectivity index (χ3n) is 23.1. The molecule has 101 heavy (non-hydrogen) atoms. The van der Waals surface area contributed by atoms with E-state index >= 15 is 28.0 Å². The second-order valence-electron chi connectivity index (χ2n) is 30.7. The zero-order chi connectivity index (χ0) is 75.1. The summed E-state index contributed by atoms with van der Waals surface area (Å²) in [5.74, 6) is -18.3. The minimum absolute atomic E-state index is 0.00839. The number of alkyl halides is 9. The Kier molecular flexibility index (Phi) is 27.8. The third-order valence-corrected chi connectivity index (χ3v) is 23.6. The lowest BCUT2D eigenvalue weighted by Gasteiger charge is -2.47. The van der Waals surface area contributed by atoms with Crippen molar-refractivity contribution in [2.45, 2.75) is 280 Å². The second-order valence-corrected chi connectivity index (χ2v) is 31.2. The van der Waals surface area contributed by atoms with Crippen LogP contribution in [0.2, 0.25) is 0 Å². The van der Waals surface area contributed by atoms with E-state index < -0.39 is 204 Å². The van der Waals surface area contributed by atoms with E-state index in [2.05, 4.69) is 21.3 Å². The molecule has 11 amide bonds. The normalized spacial score (nSPS) is 32.7. The fourth-order valence-corrected chi connectivity index (χ4v) is 16.7. The number of hydrogen-bond donors (Lipinski definition) is 4. The molecule has 572 valence electrons. The first-order valence-corrected chi connectivity index (χ1v) is 36.9. The fraction of sp³-hybridized carbons (Fsp3) is 0.843. The molecule has 0 aromatic heterocycles. The maximum atomic E-state index is 16.1. The molecular formula is C70H108ClF8N11O11. The summed E-state index contributed by atoms with van der Waals surface area (Å²) in [6.07, 6.45) is -7.97. The van der Waals surface area contributed by atoms with Gasteiger partial charge >= 0.3 is 12.4 Å². The molecule has 0 bridgehead atoms. The molecule has 4 N–H and O–H groups in total. The summed E-state index contributed by atoms with van der Waals surface area (Å²) in [6.45, 7) is 9.41. The van der Waals surface area contributed by atoms with Gasteiger partial charge in [0.1, 0.15) is 53.9 Å². The lowest BCUT2D eigenvalue weighted by molar-refractivity contribution is -0.184. The molecule has 7 aliphatic rings. The van der Waals surface area contributed by atoms with E-state index in [0.29, 0.717) is 30.6 Å². The summed E-state index contributed by atoms with van der Waals surface area (Å²) < 4.78 is 116. The fourth-order valence-electron chi connectivity index (χ4n) is 16.2. The van der Waals surface area contributed by atoms with Crippen LogP contribution in [0.25, 0.3) is 0 Å². The van der Waals surface area contributed by atoms with Gasteiger partial charge in [-0.3, -0.25) is 52.7 Å². The third kappa shape index (κ3) is 19.8. The van der Waals surface area contributed by atoms with Crippen molar-refractivity contribution in [3.63, 3.8) is 0 Å². The van der Waals surface area contributed by atoms with E-state index in [4.69, 9.17) is 11.6 Å². The van der Waals surface area contributed by atoms with Gasteiger partial charge in [0.2, 0.25) is 65.0 Å². The lowest BCUT2D eigenvalue weighted by Crippen LogP contribution is -2.68. The Labute approximate surface area is 593 Å². The zero-order valence-electron chi connectivity index (χ0n) is 60.4. The maximum absolute atomic E-state index is 16.1. The number of nitrogens with one attached hydrogen (secondary N) is 4. The van der Waals surface area contributed by atoms with E-state index in [0.717, 1.165) is 24.2 Å². The first kappa shape index (κ1) is 82.2. The number of nitrogens with zero attached hydrogens (tertiary/aromatic N) is 7. The van der Waals surface area contributed by atoms with Crippen molar-refractivity contribution < 1.29 is 87.9 Å². The maximum Gasteiger partial charge on any atom is 0.393 e. The van der Waals surface area contributed by atoms with Crippen LogP contribution in [-0.4, -0.2) is 237 Å². The summed E-state index contributed by atoms with van der Waals surface area (Å²) >= 11 is 6.33. The number of carbonyl (C=O) groups excluding carboxylic acids is 11. The van der Waals surface area contributed by atoms with Crippen molar-refractivity contribution in [1.29, 1.82) is 0 Å². The molecule has 3 unspecified atom stereocenters. The van der Waals surface area contributed by atoms with Gasteiger partial charge in [-0.2, -0.15) is 26.3 Å². The van der Waals surface area contributed by atoms with Gasteiger partial charge in [0.15, 0.2) is 0 Å². The Morgan fingerprint density at radius 2 is 1.26 bits per heavy atom. The van der Waals surface area contributed by atoms with Crippen LogP contribution in [0.3, 0.4) is 0 Å². The average Bonchev–Trinajstić information content (AvgIpc) is 1.73. The number of amides is 11. The van der Waals surface area contributed by atoms with E-state index in [1.54, 1.807) is 27.7 Å². The number of hydrogen-bond acceptors (Lipinski definition) is 11. The highest BCUT2D eigenvalue weighted by molar-refractivity contribution is 6.20. The number of likely N-dealkylation sites (N-methyl/N-ethyl adjacent to an activating group) is 5. The molecule has 3 aliphatic heterocycles. The molecule has 7 fully saturated rings. The molecule has 0 aromatic carbocycles. The summed E-state index contributed by atoms with van der Waals surface area (Å²) in [5, 5.41) is 9.46. The van der Waals surface area contributed by atoms with Gasteiger partial charge in [0.25, 0.3) is 5.92 Å². The quantitative estimate of drug-likeness (QED) is 0.115. The Hall–Kier alpha value is -6.10. The molecule has 4 aliphatic carbocycles. The number of rotatable bonds is 11. The van der Waals surface area contributed by atoms with Gasteiger partial charge in [0, 0.05) is 65.5 Å². The Bertz CT molecular complexity index is 2980. The van der Waals surface area contributed by atoms with Gasteiger partial charge < -0.3 is 55.6 Å². The minimum atomic E-state index is -4.61. The molecule has 1 spiro atoms. The smallest absolute Gasteiger partial charge is 0.343 e. The van der Waals surface area contributed by atoms with Crippen molar-refractivity contribution in [3.05, 3.63) is 0 Å². The molecule has 7 rings (SSSR count). The Balaban J connectivity index is 1.27. The van der Waals surface area contributed by atoms with E-state index in [1.165, 1.54) is 59.6 Å². The largest absolute Gasteiger partial charge is 0.393 e. The van der Waals surface area contributed by atoms with Crippen LogP contribution < -0.4 is 21.3 Å². The van der Waals surface area contributed by atoms with Crippen molar-refractivity contribution in [1.82, 2.24) is 55.6 Å². The van der Waals surface area contributed by atoms with Gasteiger partial charge in [-0.25, -0.2) is 8.78 Å². The predicted molar refractivity (Wildman–Crippen MR) is 358 cm³/mol. The first-order chi connectivity index (χ1) is 47.1. The molecule has 3 heterocycles. The molecule has 0 radical (unpaired) electrons. The van der Waals surface area contributed by atoms with Crippen molar-refractivity contribution >= 4 is 76.6 Å². The van der Waals surface area contributed by atoms with Gasteiger partial charge in [0.05, 0.1) is 24.9 Å². The van der Waals surface area contributed by atoms with Crippen LogP contribution in [0.4, 0.5) is 35.1 Å². The van der Waals surface area contributed by atoms with Crippen LogP contribution >= 0.6 is 11.6 Å². The van der Waals surface area contributed by atoms with Crippen molar-refractivity contribution in [2.24, 2.45) is 41.4 Å². The molecule has 31 heteroatoms. The topological polar surface area (TPSA) is 259 Å². The molecule has 3 saturated heterocycles. The van der Waals surface area contributed by atoms with Crippen LogP contribution in [0.1, 0.15) is 196 Å². The van der Waals surface area contributed by atoms with E-state index in [9.17, 15) is 59.9 Å². The molecular weight excluding hydrogens is 1360 g/mol. The summed E-state index contributed by atoms with van der Waals surface area (Å²) in [7, 11) is 5.55. The van der Waals surface area contributed by atoms with Crippen LogP contribution in [0.5, 0.6) is 0 Å². The molecule has 22 nitrogen and oxygen atoms in total. The second kappa shape index (κ2) is 34.2. The summed E-state index contributed by atoms with van der Waals surface area (Å²) in [4.78, 5) is 171. The van der Waals surface area contributed by atoms with Crippen molar-refractivity contribution in [2.75, 3.05) is 54.4 Å². The Morgan fingerprint density at radius 1 is 0.624 bits per heavy atom. The van der Waals surface area contributed by atoms with E-state index in [1.807, 2.05) is 13.8 Å². The monoisotopic (exact) mass is 1470 g/mol. The average molecular weight is 1470 g/mol. The SMILES string of the molecule is CC[C@H](C)[C@@H]1NC(=O)[C@H](CC(C)C)N(C)C(=O)C[C@@H](C)N(C)C(=O)[C@H](C2CCCCC2)N(C)C(=O)C2(CCC2)NC(=O)[C@@H]2CC(F)(F)CN2C(=O)[C@H](CCC2CCC(C(F)(F)F)C(Cl)C2)NC(=O)CN(C)C(=O)[C@H](CC2CCC(C(F)(F)F)CC2)N(CC)C(=O)[C@@H]2CCN2C(=O)[C@H](C)NC1=O. The summed E-state index contributed by atoms with van der Waals surface area (Å²) in [6, 6.07) is -12.1. The van der Waals surface area contributed by atoms with Gasteiger partial charge in [-0.15, -0.1) is 11.6 Å². The number of halogens is 9. The van der Waals surface area contributed by atoms with E-state index in [-0.39, 0.29) is 115 Å². The van der Waals surface area contributed by atoms with Crippen LogP contribution in [-0.2, 0) is 52.7 Å².